The summed E-state index contributed by atoms with van der Waals surface area (Å²) >= 11 is 6.33. The summed E-state index contributed by atoms with van der Waals surface area (Å²) in [6.07, 6.45) is 3.19. The zero-order valence-corrected chi connectivity index (χ0v) is 18.5. The average molecular weight is 455 g/mol. The number of carbonyl (C=O) groups excluding carboxylic acids is 2. The molecule has 1 unspecified atom stereocenters. The average Bonchev–Trinajstić information content (AvgIpc) is 3.11. The fourth-order valence-corrected chi connectivity index (χ4v) is 4.46. The molecule has 162 valence electrons. The first kappa shape index (κ1) is 20.9. The summed E-state index contributed by atoms with van der Waals surface area (Å²) in [6.45, 7) is 1.80. The first-order valence-corrected chi connectivity index (χ1v) is 10.8. The monoisotopic (exact) mass is 454 g/mol. The maximum atomic E-state index is 13.3. The van der Waals surface area contributed by atoms with Gasteiger partial charge in [0.2, 0.25) is 0 Å². The lowest BCUT2D eigenvalue weighted by molar-refractivity contribution is -0.132. The number of anilines is 1. The third-order valence-electron chi connectivity index (χ3n) is 5.99. The molecular weight excluding hydrogens is 436 g/mol. The summed E-state index contributed by atoms with van der Waals surface area (Å²) in [4.78, 5) is 32.0. The SMILES string of the molecule is Cc1c(Cl)cccc1N1C(=O)C(=O)/C(=C(\O)c2ccc3ccccc3c2)C1c1ccncc1. The summed E-state index contributed by atoms with van der Waals surface area (Å²) in [7, 11) is 0. The van der Waals surface area contributed by atoms with E-state index in [1.54, 1.807) is 55.7 Å². The molecule has 0 aliphatic carbocycles. The molecule has 1 aromatic heterocycles. The molecule has 1 amide bonds. The predicted octanol–water partition coefficient (Wildman–Crippen LogP) is 5.82. The largest absolute Gasteiger partial charge is 0.507 e. The summed E-state index contributed by atoms with van der Waals surface area (Å²) in [5, 5.41) is 13.7. The number of halogens is 1. The van der Waals surface area contributed by atoms with E-state index in [2.05, 4.69) is 4.98 Å². The van der Waals surface area contributed by atoms with Crippen LogP contribution < -0.4 is 4.90 Å². The Bertz CT molecular complexity index is 1450. The molecule has 0 bridgehead atoms. The maximum Gasteiger partial charge on any atom is 0.300 e. The lowest BCUT2D eigenvalue weighted by Gasteiger charge is -2.27. The molecule has 2 heterocycles. The fraction of sp³-hybridized carbons (Fsp3) is 0.0741. The van der Waals surface area contributed by atoms with E-state index < -0.39 is 17.7 Å². The van der Waals surface area contributed by atoms with Crippen molar-refractivity contribution < 1.29 is 14.7 Å². The van der Waals surface area contributed by atoms with Crippen LogP contribution in [0.3, 0.4) is 0 Å². The van der Waals surface area contributed by atoms with Crippen LogP contribution in [0.25, 0.3) is 16.5 Å². The number of nitrogens with zero attached hydrogens (tertiary/aromatic N) is 2. The van der Waals surface area contributed by atoms with E-state index in [0.717, 1.165) is 10.8 Å². The van der Waals surface area contributed by atoms with Gasteiger partial charge in [0.1, 0.15) is 5.76 Å². The Labute approximate surface area is 195 Å². The van der Waals surface area contributed by atoms with Crippen LogP contribution in [-0.4, -0.2) is 21.8 Å². The number of aliphatic hydroxyl groups excluding tert-OH is 1. The van der Waals surface area contributed by atoms with Crippen LogP contribution in [0.2, 0.25) is 5.02 Å². The number of fused-ring (bicyclic) bond motifs is 1. The number of hydrogen-bond acceptors (Lipinski definition) is 4. The van der Waals surface area contributed by atoms with Crippen molar-refractivity contribution in [1.29, 1.82) is 0 Å². The molecule has 1 aliphatic heterocycles. The van der Waals surface area contributed by atoms with Crippen LogP contribution in [0.15, 0.2) is 90.8 Å². The van der Waals surface area contributed by atoms with Gasteiger partial charge in [-0.3, -0.25) is 19.5 Å². The second-order valence-corrected chi connectivity index (χ2v) is 8.30. The lowest BCUT2D eigenvalue weighted by atomic mass is 9.94. The van der Waals surface area contributed by atoms with Crippen molar-refractivity contribution >= 4 is 45.5 Å². The molecule has 6 heteroatoms. The number of hydrogen-bond donors (Lipinski definition) is 1. The molecule has 0 spiro atoms. The number of Topliss-reactive ketones (excluding diaryl/α,β-unsaturated/α-hetero) is 1. The number of aromatic nitrogens is 1. The first-order valence-electron chi connectivity index (χ1n) is 10.4. The Morgan fingerprint density at radius 1 is 0.939 bits per heavy atom. The van der Waals surface area contributed by atoms with Gasteiger partial charge in [-0.15, -0.1) is 0 Å². The standard InChI is InChI=1S/C27H19ClN2O3/c1-16-21(28)7-4-8-22(16)30-24(18-11-13-29-14-12-18)23(26(32)27(30)33)25(31)20-10-9-17-5-2-3-6-19(17)15-20/h2-15,24,31H,1H3/b25-23-. The molecule has 4 aromatic rings. The van der Waals surface area contributed by atoms with Crippen LogP contribution >= 0.6 is 11.6 Å². The molecular formula is C27H19ClN2O3. The van der Waals surface area contributed by atoms with E-state index in [-0.39, 0.29) is 11.3 Å². The molecule has 5 nitrogen and oxygen atoms in total. The number of benzene rings is 3. The molecule has 1 fully saturated rings. The Kier molecular flexibility index (Phi) is 5.19. The maximum absolute atomic E-state index is 13.3. The zero-order valence-electron chi connectivity index (χ0n) is 17.7. The van der Waals surface area contributed by atoms with E-state index in [0.29, 0.717) is 27.4 Å². The fourth-order valence-electron chi connectivity index (χ4n) is 4.29. The Hall–Kier alpha value is -3.96. The van der Waals surface area contributed by atoms with E-state index in [1.165, 1.54) is 4.90 Å². The molecule has 3 aromatic carbocycles. The number of aliphatic hydroxyl groups is 1. The van der Waals surface area contributed by atoms with Crippen molar-refractivity contribution in [2.24, 2.45) is 0 Å². The highest BCUT2D eigenvalue weighted by atomic mass is 35.5. The second kappa shape index (κ2) is 8.19. The molecule has 33 heavy (non-hydrogen) atoms. The van der Waals surface area contributed by atoms with Gasteiger partial charge in [-0.1, -0.05) is 54.1 Å². The van der Waals surface area contributed by atoms with Crippen LogP contribution in [0.5, 0.6) is 0 Å². The summed E-state index contributed by atoms with van der Waals surface area (Å²) in [5.41, 5.74) is 2.34. The first-order chi connectivity index (χ1) is 16.0. The smallest absolute Gasteiger partial charge is 0.300 e. The van der Waals surface area contributed by atoms with Crippen molar-refractivity contribution in [2.45, 2.75) is 13.0 Å². The highest BCUT2D eigenvalue weighted by molar-refractivity contribution is 6.52. The van der Waals surface area contributed by atoms with Gasteiger partial charge in [-0.25, -0.2) is 0 Å². The zero-order chi connectivity index (χ0) is 23.1. The summed E-state index contributed by atoms with van der Waals surface area (Å²) in [6, 6.07) is 21.0. The minimum atomic E-state index is -0.823. The topological polar surface area (TPSA) is 70.5 Å². The molecule has 1 N–H and O–H groups in total. The highest BCUT2D eigenvalue weighted by Gasteiger charge is 2.47. The number of carbonyl (C=O) groups is 2. The highest BCUT2D eigenvalue weighted by Crippen LogP contribution is 2.44. The van der Waals surface area contributed by atoms with Crippen molar-refractivity contribution in [3.8, 4) is 0 Å². The van der Waals surface area contributed by atoms with Crippen molar-refractivity contribution in [2.75, 3.05) is 4.90 Å². The van der Waals surface area contributed by atoms with E-state index in [4.69, 9.17) is 11.6 Å². The van der Waals surface area contributed by atoms with Gasteiger partial charge < -0.3 is 5.11 Å². The summed E-state index contributed by atoms with van der Waals surface area (Å²) < 4.78 is 0. The molecule has 1 aliphatic rings. The minimum absolute atomic E-state index is 0.0286. The van der Waals surface area contributed by atoms with Gasteiger partial charge in [0.25, 0.3) is 11.7 Å². The number of rotatable bonds is 3. The predicted molar refractivity (Wildman–Crippen MR) is 129 cm³/mol. The van der Waals surface area contributed by atoms with Crippen LogP contribution in [-0.2, 0) is 9.59 Å². The number of amides is 1. The number of ketones is 1. The Balaban J connectivity index is 1.75. The van der Waals surface area contributed by atoms with E-state index in [1.807, 2.05) is 36.4 Å². The normalized spacial score (nSPS) is 17.6. The van der Waals surface area contributed by atoms with Gasteiger partial charge in [0.05, 0.1) is 11.6 Å². The van der Waals surface area contributed by atoms with Gasteiger partial charge in [-0.2, -0.15) is 0 Å². The molecule has 5 rings (SSSR count). The quantitative estimate of drug-likeness (QED) is 0.240. The van der Waals surface area contributed by atoms with Crippen molar-refractivity contribution in [3.05, 3.63) is 112 Å². The molecule has 0 radical (unpaired) electrons. The van der Waals surface area contributed by atoms with Gasteiger partial charge >= 0.3 is 0 Å². The van der Waals surface area contributed by atoms with Crippen LogP contribution in [0.1, 0.15) is 22.7 Å². The van der Waals surface area contributed by atoms with Crippen LogP contribution in [0, 0.1) is 6.92 Å². The van der Waals surface area contributed by atoms with Gasteiger partial charge in [0.15, 0.2) is 0 Å². The minimum Gasteiger partial charge on any atom is -0.507 e. The second-order valence-electron chi connectivity index (χ2n) is 7.90. The van der Waals surface area contributed by atoms with Gasteiger partial charge in [-0.05, 0) is 59.2 Å². The van der Waals surface area contributed by atoms with Crippen LogP contribution in [0.4, 0.5) is 5.69 Å². The van der Waals surface area contributed by atoms with Crippen molar-refractivity contribution in [1.82, 2.24) is 4.98 Å². The van der Waals surface area contributed by atoms with Crippen molar-refractivity contribution in [3.63, 3.8) is 0 Å². The molecule has 0 saturated carbocycles. The Morgan fingerprint density at radius 3 is 2.42 bits per heavy atom. The third kappa shape index (κ3) is 3.47. The van der Waals surface area contributed by atoms with E-state index in [9.17, 15) is 14.7 Å². The van der Waals surface area contributed by atoms with Gasteiger partial charge in [0, 0.05) is 28.7 Å². The Morgan fingerprint density at radius 2 is 1.67 bits per heavy atom. The number of pyridine rings is 1. The molecule has 1 saturated heterocycles. The van der Waals surface area contributed by atoms with E-state index >= 15 is 0 Å². The lowest BCUT2D eigenvalue weighted by Crippen LogP contribution is -2.30. The molecule has 1 atom stereocenters. The third-order valence-corrected chi connectivity index (χ3v) is 6.40. The summed E-state index contributed by atoms with van der Waals surface area (Å²) in [5.74, 6) is -1.69.